The highest BCUT2D eigenvalue weighted by Gasteiger charge is 2.20. The molecule has 5 nitrogen and oxygen atoms in total. The van der Waals surface area contributed by atoms with Gasteiger partial charge in [0.25, 0.3) is 5.91 Å². The monoisotopic (exact) mass is 405 g/mol. The average molecular weight is 406 g/mol. The van der Waals surface area contributed by atoms with Crippen LogP contribution < -0.4 is 9.80 Å². The van der Waals surface area contributed by atoms with E-state index in [1.165, 1.54) is 24.9 Å². The number of anilines is 2. The van der Waals surface area contributed by atoms with Crippen molar-refractivity contribution in [3.8, 4) is 0 Å². The predicted molar refractivity (Wildman–Crippen MR) is 121 cm³/mol. The largest absolute Gasteiger partial charge is 0.372 e. The fourth-order valence-electron chi connectivity index (χ4n) is 4.39. The number of rotatable bonds is 5. The Bertz CT molecular complexity index is 870. The normalized spacial score (nSPS) is 17.2. The second-order valence-electron chi connectivity index (χ2n) is 8.42. The molecule has 0 spiro atoms. The lowest BCUT2D eigenvalue weighted by Gasteiger charge is -2.29. The second-order valence-corrected chi connectivity index (χ2v) is 8.42. The van der Waals surface area contributed by atoms with Gasteiger partial charge in [-0.15, -0.1) is 0 Å². The lowest BCUT2D eigenvalue weighted by Crippen LogP contribution is -2.35. The van der Waals surface area contributed by atoms with Crippen molar-refractivity contribution >= 4 is 23.2 Å². The molecule has 0 aliphatic carbocycles. The Kier molecular flexibility index (Phi) is 6.36. The third kappa shape index (κ3) is 4.66. The summed E-state index contributed by atoms with van der Waals surface area (Å²) in [6.45, 7) is 3.61. The molecule has 158 valence electrons. The molecule has 2 aromatic carbocycles. The highest BCUT2D eigenvalue weighted by Crippen LogP contribution is 2.23. The highest BCUT2D eigenvalue weighted by atomic mass is 16.2. The summed E-state index contributed by atoms with van der Waals surface area (Å²) in [6, 6.07) is 16.0. The number of carbonyl (C=O) groups is 2. The van der Waals surface area contributed by atoms with Crippen molar-refractivity contribution in [2.45, 2.75) is 45.1 Å². The van der Waals surface area contributed by atoms with E-state index in [4.69, 9.17) is 0 Å². The quantitative estimate of drug-likeness (QED) is 0.737. The molecule has 0 radical (unpaired) electrons. The molecule has 0 bridgehead atoms. The fourth-order valence-corrected chi connectivity index (χ4v) is 4.39. The first-order valence-corrected chi connectivity index (χ1v) is 11.1. The van der Waals surface area contributed by atoms with Gasteiger partial charge in [0.05, 0.1) is 0 Å². The maximum atomic E-state index is 12.9. The number of hydrogen-bond donors (Lipinski definition) is 0. The minimum Gasteiger partial charge on any atom is -0.372 e. The molecule has 2 fully saturated rings. The molecule has 0 atom stereocenters. The van der Waals surface area contributed by atoms with Crippen LogP contribution in [-0.4, -0.2) is 43.4 Å². The molecule has 2 amide bonds. The number of amides is 2. The average Bonchev–Trinajstić information content (AvgIpc) is 2.80. The molecule has 5 heteroatoms. The van der Waals surface area contributed by atoms with Gasteiger partial charge in [-0.05, 0) is 74.1 Å². The van der Waals surface area contributed by atoms with E-state index in [2.05, 4.69) is 29.2 Å². The van der Waals surface area contributed by atoms with Crippen LogP contribution in [-0.2, 0) is 11.3 Å². The summed E-state index contributed by atoms with van der Waals surface area (Å²) in [6.07, 6.45) is 6.48. The summed E-state index contributed by atoms with van der Waals surface area (Å²) in [7, 11) is 1.84. The maximum Gasteiger partial charge on any atom is 0.253 e. The molecule has 0 N–H and O–H groups in total. The number of piperidine rings is 2. The first-order chi connectivity index (χ1) is 14.6. The van der Waals surface area contributed by atoms with E-state index in [9.17, 15) is 9.59 Å². The Morgan fingerprint density at radius 3 is 2.13 bits per heavy atom. The van der Waals surface area contributed by atoms with Gasteiger partial charge in [-0.1, -0.05) is 12.1 Å². The molecular weight excluding hydrogens is 374 g/mol. The molecule has 0 aromatic heterocycles. The van der Waals surface area contributed by atoms with Crippen molar-refractivity contribution in [1.29, 1.82) is 0 Å². The minimum atomic E-state index is -0.00775. The summed E-state index contributed by atoms with van der Waals surface area (Å²) in [5, 5.41) is 0. The van der Waals surface area contributed by atoms with Crippen molar-refractivity contribution in [2.24, 2.45) is 0 Å². The van der Waals surface area contributed by atoms with Crippen molar-refractivity contribution in [3.63, 3.8) is 0 Å². The van der Waals surface area contributed by atoms with Gasteiger partial charge in [0.15, 0.2) is 0 Å². The van der Waals surface area contributed by atoms with Gasteiger partial charge in [0.2, 0.25) is 5.91 Å². The van der Waals surface area contributed by atoms with Crippen molar-refractivity contribution in [3.05, 3.63) is 59.7 Å². The smallest absolute Gasteiger partial charge is 0.253 e. The highest BCUT2D eigenvalue weighted by molar-refractivity contribution is 5.96. The third-order valence-corrected chi connectivity index (χ3v) is 6.17. The minimum absolute atomic E-state index is 0.00775. The fraction of sp³-hybridized carbons (Fsp3) is 0.440. The molecule has 2 heterocycles. The molecular formula is C25H31N3O2. The van der Waals surface area contributed by atoms with Gasteiger partial charge in [0.1, 0.15) is 0 Å². The molecule has 0 saturated carbocycles. The summed E-state index contributed by atoms with van der Waals surface area (Å²) < 4.78 is 0. The molecule has 2 saturated heterocycles. The van der Waals surface area contributed by atoms with E-state index < -0.39 is 0 Å². The molecule has 4 rings (SSSR count). The predicted octanol–water partition coefficient (Wildman–Crippen LogP) is 4.47. The Morgan fingerprint density at radius 1 is 0.833 bits per heavy atom. The Labute approximate surface area is 179 Å². The van der Waals surface area contributed by atoms with Crippen LogP contribution in [0.3, 0.4) is 0 Å². The first-order valence-electron chi connectivity index (χ1n) is 11.1. The lowest BCUT2D eigenvalue weighted by molar-refractivity contribution is -0.119. The van der Waals surface area contributed by atoms with Crippen molar-refractivity contribution in [1.82, 2.24) is 4.90 Å². The van der Waals surface area contributed by atoms with Crippen LogP contribution in [0.2, 0.25) is 0 Å². The van der Waals surface area contributed by atoms with Crippen molar-refractivity contribution < 1.29 is 9.59 Å². The Hall–Kier alpha value is -2.82. The van der Waals surface area contributed by atoms with Gasteiger partial charge in [-0.3, -0.25) is 9.59 Å². The summed E-state index contributed by atoms with van der Waals surface area (Å²) in [5.74, 6) is 0.164. The van der Waals surface area contributed by atoms with Gasteiger partial charge < -0.3 is 14.7 Å². The van der Waals surface area contributed by atoms with Gasteiger partial charge in [0, 0.05) is 56.6 Å². The van der Waals surface area contributed by atoms with Gasteiger partial charge in [-0.25, -0.2) is 0 Å². The van der Waals surface area contributed by atoms with E-state index >= 15 is 0 Å². The van der Waals surface area contributed by atoms with Gasteiger partial charge in [-0.2, -0.15) is 0 Å². The zero-order valence-corrected chi connectivity index (χ0v) is 17.8. The first kappa shape index (κ1) is 20.5. The zero-order chi connectivity index (χ0) is 20.9. The molecule has 2 aliphatic rings. The molecule has 2 aliphatic heterocycles. The Balaban J connectivity index is 1.36. The number of carbonyl (C=O) groups excluding carboxylic acids is 2. The van der Waals surface area contributed by atoms with Crippen LogP contribution >= 0.6 is 0 Å². The Morgan fingerprint density at radius 2 is 1.47 bits per heavy atom. The SMILES string of the molecule is CN(Cc1ccc(N2CCCCC2)cc1)C(=O)c1ccc(N2CCCCC2=O)cc1. The second kappa shape index (κ2) is 9.33. The van der Waals surface area contributed by atoms with Crippen LogP contribution in [0.4, 0.5) is 11.4 Å². The van der Waals surface area contributed by atoms with E-state index in [1.54, 1.807) is 4.90 Å². The molecule has 0 unspecified atom stereocenters. The number of benzene rings is 2. The maximum absolute atomic E-state index is 12.9. The van der Waals surface area contributed by atoms with E-state index in [0.717, 1.165) is 43.7 Å². The summed E-state index contributed by atoms with van der Waals surface area (Å²) >= 11 is 0. The van der Waals surface area contributed by atoms with Crippen LogP contribution in [0, 0.1) is 0 Å². The zero-order valence-electron chi connectivity index (χ0n) is 17.8. The van der Waals surface area contributed by atoms with E-state index in [0.29, 0.717) is 18.5 Å². The molecule has 30 heavy (non-hydrogen) atoms. The third-order valence-electron chi connectivity index (χ3n) is 6.17. The van der Waals surface area contributed by atoms with Crippen LogP contribution in [0.15, 0.2) is 48.5 Å². The van der Waals surface area contributed by atoms with Crippen LogP contribution in [0.1, 0.15) is 54.4 Å². The standard InChI is InChI=1S/C25H31N3O2/c1-26(19-20-8-12-22(13-9-20)27-16-4-2-5-17-27)25(30)21-10-14-23(15-11-21)28-18-6-3-7-24(28)29/h8-15H,2-7,16-19H2,1H3. The topological polar surface area (TPSA) is 43.9 Å². The van der Waals surface area contributed by atoms with E-state index in [-0.39, 0.29) is 11.8 Å². The summed E-state index contributed by atoms with van der Waals surface area (Å²) in [5.41, 5.74) is 3.93. The lowest BCUT2D eigenvalue weighted by atomic mass is 10.1. The van der Waals surface area contributed by atoms with Crippen molar-refractivity contribution in [2.75, 3.05) is 36.5 Å². The summed E-state index contributed by atoms with van der Waals surface area (Å²) in [4.78, 5) is 31.0. The number of nitrogens with zero attached hydrogens (tertiary/aromatic N) is 3. The van der Waals surface area contributed by atoms with E-state index in [1.807, 2.05) is 36.2 Å². The molecule has 2 aromatic rings. The van der Waals surface area contributed by atoms with Crippen LogP contribution in [0.5, 0.6) is 0 Å². The number of hydrogen-bond acceptors (Lipinski definition) is 3. The van der Waals surface area contributed by atoms with Gasteiger partial charge >= 0.3 is 0 Å². The van der Waals surface area contributed by atoms with Crippen LogP contribution in [0.25, 0.3) is 0 Å².